The van der Waals surface area contributed by atoms with Crippen molar-refractivity contribution in [3.8, 4) is 0 Å². The summed E-state index contributed by atoms with van der Waals surface area (Å²) in [4.78, 5) is 25.3. The van der Waals surface area contributed by atoms with Crippen LogP contribution in [0.1, 0.15) is 78.9 Å². The van der Waals surface area contributed by atoms with Crippen LogP contribution in [0.3, 0.4) is 0 Å². The van der Waals surface area contributed by atoms with Gasteiger partial charge >= 0.3 is 0 Å². The molecule has 0 radical (unpaired) electrons. The number of thioether (sulfide) groups is 1. The minimum atomic E-state index is -0.0483. The van der Waals surface area contributed by atoms with Gasteiger partial charge in [-0.3, -0.25) is 9.36 Å². The minimum absolute atomic E-state index is 0.0483. The molecular formula is C20H24N4O2S2. The fourth-order valence-electron chi connectivity index (χ4n) is 4.45. The average molecular weight is 417 g/mol. The molecule has 1 saturated carbocycles. The molecular weight excluding hydrogens is 392 g/mol. The molecule has 5 rings (SSSR count). The van der Waals surface area contributed by atoms with Crippen molar-refractivity contribution in [3.05, 3.63) is 32.5 Å². The highest BCUT2D eigenvalue weighted by Gasteiger charge is 2.28. The Hall–Kier alpha value is -1.67. The van der Waals surface area contributed by atoms with Crippen LogP contribution in [0.25, 0.3) is 10.2 Å². The summed E-state index contributed by atoms with van der Waals surface area (Å²) < 4.78 is 7.34. The molecule has 3 aromatic heterocycles. The largest absolute Gasteiger partial charge is 0.338 e. The third-order valence-corrected chi connectivity index (χ3v) is 8.09. The van der Waals surface area contributed by atoms with Crippen molar-refractivity contribution >= 4 is 33.3 Å². The van der Waals surface area contributed by atoms with Crippen molar-refractivity contribution in [2.45, 2.75) is 81.7 Å². The smallest absolute Gasteiger partial charge is 0.263 e. The van der Waals surface area contributed by atoms with Crippen molar-refractivity contribution in [1.29, 1.82) is 0 Å². The lowest BCUT2D eigenvalue weighted by Gasteiger charge is -2.19. The summed E-state index contributed by atoms with van der Waals surface area (Å²) in [5.41, 5.74) is 1.43. The Morgan fingerprint density at radius 3 is 2.71 bits per heavy atom. The second kappa shape index (κ2) is 7.30. The molecule has 2 aliphatic rings. The predicted molar refractivity (Wildman–Crippen MR) is 111 cm³/mol. The van der Waals surface area contributed by atoms with Crippen LogP contribution in [-0.2, 0) is 12.8 Å². The van der Waals surface area contributed by atoms with Crippen LogP contribution >= 0.6 is 23.1 Å². The van der Waals surface area contributed by atoms with Crippen molar-refractivity contribution in [1.82, 2.24) is 19.7 Å². The van der Waals surface area contributed by atoms with E-state index in [1.807, 2.05) is 18.4 Å². The lowest BCUT2D eigenvalue weighted by molar-refractivity contribution is 0.376. The summed E-state index contributed by atoms with van der Waals surface area (Å²) >= 11 is 3.28. The van der Waals surface area contributed by atoms with E-state index < -0.39 is 0 Å². The second-order valence-corrected chi connectivity index (χ2v) is 10.2. The third kappa shape index (κ3) is 3.10. The zero-order valence-electron chi connectivity index (χ0n) is 16.2. The van der Waals surface area contributed by atoms with Gasteiger partial charge in [0.15, 0.2) is 11.0 Å². The Morgan fingerprint density at radius 2 is 1.96 bits per heavy atom. The lowest BCUT2D eigenvalue weighted by atomic mass is 9.97. The molecule has 148 valence electrons. The molecule has 0 aliphatic heterocycles. The summed E-state index contributed by atoms with van der Waals surface area (Å²) in [5, 5.41) is 5.54. The first-order valence-electron chi connectivity index (χ1n) is 10.2. The minimum Gasteiger partial charge on any atom is -0.338 e. The van der Waals surface area contributed by atoms with Crippen molar-refractivity contribution < 1.29 is 4.52 Å². The highest BCUT2D eigenvalue weighted by Crippen LogP contribution is 2.40. The average Bonchev–Trinajstić information content (AvgIpc) is 3.40. The highest BCUT2D eigenvalue weighted by atomic mass is 32.2. The van der Waals surface area contributed by atoms with Gasteiger partial charge in [-0.2, -0.15) is 4.98 Å². The van der Waals surface area contributed by atoms with Gasteiger partial charge in [-0.1, -0.05) is 29.8 Å². The van der Waals surface area contributed by atoms with Crippen LogP contribution in [0.2, 0.25) is 0 Å². The Morgan fingerprint density at radius 1 is 1.18 bits per heavy atom. The second-order valence-electron chi connectivity index (χ2n) is 7.84. The Balaban J connectivity index is 1.64. The first-order chi connectivity index (χ1) is 13.6. The van der Waals surface area contributed by atoms with Gasteiger partial charge in [0, 0.05) is 10.9 Å². The molecule has 6 nitrogen and oxygen atoms in total. The molecule has 0 N–H and O–H groups in total. The van der Waals surface area contributed by atoms with Crippen LogP contribution in [0, 0.1) is 6.92 Å². The molecule has 1 fully saturated rings. The fraction of sp³-hybridized carbons (Fsp3) is 0.600. The molecule has 3 aromatic rings. The van der Waals surface area contributed by atoms with Crippen molar-refractivity contribution in [2.75, 3.05) is 0 Å². The maximum atomic E-state index is 13.7. The molecule has 0 amide bonds. The monoisotopic (exact) mass is 416 g/mol. The van der Waals surface area contributed by atoms with Gasteiger partial charge < -0.3 is 4.52 Å². The summed E-state index contributed by atoms with van der Waals surface area (Å²) in [7, 11) is 0. The molecule has 3 heterocycles. The number of aryl methyl sites for hydroxylation is 3. The molecule has 0 aromatic carbocycles. The molecule has 1 unspecified atom stereocenters. The number of hydrogen-bond donors (Lipinski definition) is 0. The molecule has 28 heavy (non-hydrogen) atoms. The normalized spacial score (nSPS) is 18.6. The Labute approximate surface area is 171 Å². The predicted octanol–water partition coefficient (Wildman–Crippen LogP) is 5.00. The molecule has 0 bridgehead atoms. The number of rotatable bonds is 4. The fourth-order valence-corrected chi connectivity index (χ4v) is 6.77. The Bertz CT molecular complexity index is 1080. The highest BCUT2D eigenvalue weighted by molar-refractivity contribution is 7.99. The molecule has 8 heteroatoms. The Kier molecular flexibility index (Phi) is 4.79. The van der Waals surface area contributed by atoms with E-state index in [2.05, 4.69) is 10.1 Å². The number of fused-ring (bicyclic) bond motifs is 3. The van der Waals surface area contributed by atoms with E-state index in [-0.39, 0.29) is 16.9 Å². The van der Waals surface area contributed by atoms with E-state index in [0.29, 0.717) is 11.7 Å². The van der Waals surface area contributed by atoms with Gasteiger partial charge in [0.05, 0.1) is 10.6 Å². The molecule has 0 saturated heterocycles. The van der Waals surface area contributed by atoms with Crippen LogP contribution in [0.4, 0.5) is 0 Å². The van der Waals surface area contributed by atoms with Gasteiger partial charge in [-0.05, 0) is 57.9 Å². The van der Waals surface area contributed by atoms with Crippen molar-refractivity contribution in [2.24, 2.45) is 0 Å². The summed E-state index contributed by atoms with van der Waals surface area (Å²) in [6.45, 7) is 3.85. The van der Waals surface area contributed by atoms with Gasteiger partial charge in [-0.15, -0.1) is 11.3 Å². The van der Waals surface area contributed by atoms with Gasteiger partial charge in [0.25, 0.3) is 5.56 Å². The summed E-state index contributed by atoms with van der Waals surface area (Å²) in [5.74, 6) is 1.21. The van der Waals surface area contributed by atoms with E-state index in [9.17, 15) is 4.79 Å². The summed E-state index contributed by atoms with van der Waals surface area (Å²) in [6.07, 6.45) is 8.96. The van der Waals surface area contributed by atoms with Crippen LogP contribution in [0.15, 0.2) is 14.5 Å². The van der Waals surface area contributed by atoms with Crippen LogP contribution < -0.4 is 5.56 Å². The number of hydrogen-bond acceptors (Lipinski definition) is 7. The van der Waals surface area contributed by atoms with E-state index >= 15 is 0 Å². The number of thiophene rings is 1. The maximum Gasteiger partial charge on any atom is 0.263 e. The quantitative estimate of drug-likeness (QED) is 0.440. The first-order valence-corrected chi connectivity index (χ1v) is 11.8. The zero-order valence-corrected chi connectivity index (χ0v) is 17.9. The number of nitrogens with zero attached hydrogens (tertiary/aromatic N) is 4. The molecule has 0 spiro atoms. The zero-order chi connectivity index (χ0) is 19.3. The van der Waals surface area contributed by atoms with Gasteiger partial charge in [-0.25, -0.2) is 4.98 Å². The van der Waals surface area contributed by atoms with E-state index in [0.717, 1.165) is 41.1 Å². The van der Waals surface area contributed by atoms with Crippen LogP contribution in [0.5, 0.6) is 0 Å². The van der Waals surface area contributed by atoms with Crippen molar-refractivity contribution in [3.63, 3.8) is 0 Å². The topological polar surface area (TPSA) is 73.8 Å². The van der Waals surface area contributed by atoms with E-state index in [4.69, 9.17) is 9.51 Å². The van der Waals surface area contributed by atoms with E-state index in [1.165, 1.54) is 36.1 Å². The summed E-state index contributed by atoms with van der Waals surface area (Å²) in [6, 6.07) is 0.252. The maximum absolute atomic E-state index is 13.7. The first kappa shape index (κ1) is 18.4. The SMILES string of the molecule is Cc1noc(C(C)Sc2nc3sc4c(c3c(=O)n2C2CCCC2)CCCC4)n1. The lowest BCUT2D eigenvalue weighted by Crippen LogP contribution is -2.27. The van der Waals surface area contributed by atoms with Crippen LogP contribution in [-0.4, -0.2) is 19.7 Å². The van der Waals surface area contributed by atoms with Gasteiger partial charge in [0.1, 0.15) is 4.83 Å². The van der Waals surface area contributed by atoms with Gasteiger partial charge in [0.2, 0.25) is 5.89 Å². The standard InChI is InChI=1S/C20H24N4O2S2/c1-11(17-21-12(2)23-26-17)27-20-22-18-16(14-9-5-6-10-15(14)28-18)19(25)24(20)13-7-3-4-8-13/h11,13H,3-10H2,1-2H3. The number of aromatic nitrogens is 4. The third-order valence-electron chi connectivity index (χ3n) is 5.85. The van der Waals surface area contributed by atoms with E-state index in [1.54, 1.807) is 23.1 Å². The molecule has 2 aliphatic carbocycles. The molecule has 1 atom stereocenters.